The first-order valence-corrected chi connectivity index (χ1v) is 6.67. The highest BCUT2D eigenvalue weighted by Gasteiger charge is 2.33. The molecule has 17 heavy (non-hydrogen) atoms. The smallest absolute Gasteiger partial charge is 0.267 e. The quantitative estimate of drug-likeness (QED) is 0.797. The van der Waals surface area contributed by atoms with Crippen LogP contribution in [-0.2, 0) is 0 Å². The minimum Gasteiger partial charge on any atom is -0.396 e. The number of carbonyl (C=O) groups excluding carboxylic acids is 1. The van der Waals surface area contributed by atoms with Gasteiger partial charge in [-0.1, -0.05) is 12.8 Å². The fourth-order valence-electron chi connectivity index (χ4n) is 2.38. The highest BCUT2D eigenvalue weighted by Crippen LogP contribution is 2.36. The molecule has 0 saturated heterocycles. The second kappa shape index (κ2) is 5.23. The molecular formula is C12H17BrN2O2. The molecular weight excluding hydrogens is 284 g/mol. The zero-order valence-electron chi connectivity index (χ0n) is 9.63. The lowest BCUT2D eigenvalue weighted by Gasteiger charge is -2.26. The first-order valence-electron chi connectivity index (χ1n) is 5.88. The Bertz CT molecular complexity index is 397. The van der Waals surface area contributed by atoms with E-state index < -0.39 is 0 Å². The molecule has 4 nitrogen and oxygen atoms in total. The van der Waals surface area contributed by atoms with E-state index >= 15 is 0 Å². The molecule has 1 saturated carbocycles. The summed E-state index contributed by atoms with van der Waals surface area (Å²) in [5.41, 5.74) is 0.447. The van der Waals surface area contributed by atoms with E-state index in [-0.39, 0.29) is 17.9 Å². The topological polar surface area (TPSA) is 65.1 Å². The lowest BCUT2D eigenvalue weighted by molar-refractivity contribution is 0.0876. The van der Waals surface area contributed by atoms with Gasteiger partial charge in [-0.05, 0) is 34.8 Å². The molecule has 1 aromatic rings. The van der Waals surface area contributed by atoms with Gasteiger partial charge in [0.25, 0.3) is 5.91 Å². The molecule has 0 unspecified atom stereocenters. The molecule has 0 radical (unpaired) electrons. The van der Waals surface area contributed by atoms with Crippen LogP contribution in [-0.4, -0.2) is 29.1 Å². The van der Waals surface area contributed by atoms with E-state index in [1.54, 1.807) is 12.3 Å². The van der Waals surface area contributed by atoms with E-state index in [0.717, 1.165) is 30.2 Å². The van der Waals surface area contributed by atoms with Gasteiger partial charge in [0, 0.05) is 22.6 Å². The first-order chi connectivity index (χ1) is 8.15. The van der Waals surface area contributed by atoms with Gasteiger partial charge in [-0.15, -0.1) is 0 Å². The average Bonchev–Trinajstić information content (AvgIpc) is 2.95. The zero-order chi connectivity index (χ0) is 12.3. The van der Waals surface area contributed by atoms with Crippen LogP contribution in [0.2, 0.25) is 0 Å². The average molecular weight is 301 g/mol. The minimum absolute atomic E-state index is 0.0977. The van der Waals surface area contributed by atoms with Gasteiger partial charge in [0.15, 0.2) is 0 Å². The fourth-order valence-corrected chi connectivity index (χ4v) is 2.72. The molecule has 1 aliphatic rings. The van der Waals surface area contributed by atoms with Crippen molar-refractivity contribution in [2.24, 2.45) is 5.41 Å². The van der Waals surface area contributed by atoms with E-state index in [9.17, 15) is 9.90 Å². The third kappa shape index (κ3) is 2.90. The van der Waals surface area contributed by atoms with Gasteiger partial charge in [-0.2, -0.15) is 0 Å². The first kappa shape index (κ1) is 12.6. The Hall–Kier alpha value is -0.810. The summed E-state index contributed by atoms with van der Waals surface area (Å²) >= 11 is 3.29. The van der Waals surface area contributed by atoms with Crippen LogP contribution in [0.15, 0.2) is 16.7 Å². The summed E-state index contributed by atoms with van der Waals surface area (Å²) < 4.78 is 0.861. The van der Waals surface area contributed by atoms with Gasteiger partial charge < -0.3 is 15.4 Å². The van der Waals surface area contributed by atoms with Crippen LogP contribution >= 0.6 is 15.9 Å². The number of carbonyl (C=O) groups is 1. The molecule has 0 spiro atoms. The maximum absolute atomic E-state index is 11.8. The summed E-state index contributed by atoms with van der Waals surface area (Å²) in [6.45, 7) is 0.709. The van der Waals surface area contributed by atoms with Crippen LogP contribution < -0.4 is 5.32 Å². The summed E-state index contributed by atoms with van der Waals surface area (Å²) in [5.74, 6) is -0.115. The predicted molar refractivity (Wildman–Crippen MR) is 68.8 cm³/mol. The van der Waals surface area contributed by atoms with Gasteiger partial charge in [0.05, 0.1) is 6.61 Å². The molecule has 94 valence electrons. The normalized spacial score (nSPS) is 18.2. The van der Waals surface area contributed by atoms with Gasteiger partial charge in [-0.3, -0.25) is 4.79 Å². The Morgan fingerprint density at radius 3 is 2.76 bits per heavy atom. The SMILES string of the molecule is O=C(NCC1(CO)CCCC1)c1cc(Br)c[nH]1. The molecule has 0 bridgehead atoms. The van der Waals surface area contributed by atoms with Crippen molar-refractivity contribution in [3.63, 3.8) is 0 Å². The number of H-pyrrole nitrogens is 1. The molecule has 1 heterocycles. The monoisotopic (exact) mass is 300 g/mol. The predicted octanol–water partition coefficient (Wildman–Crippen LogP) is 2.06. The Morgan fingerprint density at radius 1 is 1.53 bits per heavy atom. The van der Waals surface area contributed by atoms with Crippen LogP contribution in [0.1, 0.15) is 36.2 Å². The Labute approximate surface area is 109 Å². The maximum atomic E-state index is 11.8. The van der Waals surface area contributed by atoms with Crippen molar-refractivity contribution in [2.75, 3.05) is 13.2 Å². The molecule has 5 heteroatoms. The van der Waals surface area contributed by atoms with Crippen LogP contribution in [0.25, 0.3) is 0 Å². The van der Waals surface area contributed by atoms with E-state index in [0.29, 0.717) is 12.2 Å². The largest absolute Gasteiger partial charge is 0.396 e. The number of aromatic amines is 1. The number of hydrogen-bond acceptors (Lipinski definition) is 2. The van der Waals surface area contributed by atoms with Crippen molar-refractivity contribution in [2.45, 2.75) is 25.7 Å². The number of rotatable bonds is 4. The zero-order valence-corrected chi connectivity index (χ0v) is 11.2. The molecule has 1 aliphatic carbocycles. The molecule has 0 aliphatic heterocycles. The standard InChI is InChI=1S/C12H17BrN2O2/c13-9-5-10(14-6-9)11(17)15-7-12(8-16)3-1-2-4-12/h5-6,14,16H,1-4,7-8H2,(H,15,17). The molecule has 0 atom stereocenters. The molecule has 1 aromatic heterocycles. The number of aliphatic hydroxyl groups excluding tert-OH is 1. The summed E-state index contributed by atoms with van der Waals surface area (Å²) in [7, 11) is 0. The minimum atomic E-state index is -0.115. The summed E-state index contributed by atoms with van der Waals surface area (Å²) in [4.78, 5) is 14.7. The second-order valence-corrected chi connectivity index (χ2v) is 5.70. The number of hydrogen-bond donors (Lipinski definition) is 3. The van der Waals surface area contributed by atoms with E-state index in [1.807, 2.05) is 0 Å². The lowest BCUT2D eigenvalue weighted by Crippen LogP contribution is -2.38. The van der Waals surface area contributed by atoms with Gasteiger partial charge >= 0.3 is 0 Å². The molecule has 3 N–H and O–H groups in total. The molecule has 0 aromatic carbocycles. The van der Waals surface area contributed by atoms with Crippen molar-refractivity contribution in [3.8, 4) is 0 Å². The maximum Gasteiger partial charge on any atom is 0.267 e. The Balaban J connectivity index is 1.91. The van der Waals surface area contributed by atoms with Crippen molar-refractivity contribution in [1.82, 2.24) is 10.3 Å². The van der Waals surface area contributed by atoms with Crippen molar-refractivity contribution in [3.05, 3.63) is 22.4 Å². The molecule has 1 amide bonds. The second-order valence-electron chi connectivity index (χ2n) is 4.78. The van der Waals surface area contributed by atoms with Gasteiger partial charge in [0.2, 0.25) is 0 Å². The van der Waals surface area contributed by atoms with Crippen molar-refractivity contribution >= 4 is 21.8 Å². The Morgan fingerprint density at radius 2 is 2.24 bits per heavy atom. The lowest BCUT2D eigenvalue weighted by atomic mass is 9.87. The number of nitrogens with one attached hydrogen (secondary N) is 2. The third-order valence-corrected chi connectivity index (χ3v) is 3.97. The van der Waals surface area contributed by atoms with Gasteiger partial charge in [0.1, 0.15) is 5.69 Å². The summed E-state index contributed by atoms with van der Waals surface area (Å²) in [6.07, 6.45) is 6.01. The highest BCUT2D eigenvalue weighted by molar-refractivity contribution is 9.10. The number of aromatic nitrogens is 1. The third-order valence-electron chi connectivity index (χ3n) is 3.52. The van der Waals surface area contributed by atoms with Crippen molar-refractivity contribution in [1.29, 1.82) is 0 Å². The van der Waals surface area contributed by atoms with Crippen LogP contribution in [0.4, 0.5) is 0 Å². The Kier molecular flexibility index (Phi) is 3.89. The van der Waals surface area contributed by atoms with Crippen molar-refractivity contribution < 1.29 is 9.90 Å². The number of halogens is 1. The van der Waals surface area contributed by atoms with Crippen LogP contribution in [0.5, 0.6) is 0 Å². The summed E-state index contributed by atoms with van der Waals surface area (Å²) in [5, 5.41) is 12.3. The van der Waals surface area contributed by atoms with Gasteiger partial charge in [-0.25, -0.2) is 0 Å². The molecule has 2 rings (SSSR count). The van der Waals surface area contributed by atoms with Crippen LogP contribution in [0.3, 0.4) is 0 Å². The van der Waals surface area contributed by atoms with E-state index in [1.165, 1.54) is 0 Å². The number of amides is 1. The highest BCUT2D eigenvalue weighted by atomic mass is 79.9. The molecule has 1 fully saturated rings. The van der Waals surface area contributed by atoms with Crippen LogP contribution in [0, 0.1) is 5.41 Å². The fraction of sp³-hybridized carbons (Fsp3) is 0.583. The van der Waals surface area contributed by atoms with E-state index in [2.05, 4.69) is 26.2 Å². The summed E-state index contributed by atoms with van der Waals surface area (Å²) in [6, 6.07) is 1.75. The van der Waals surface area contributed by atoms with E-state index in [4.69, 9.17) is 0 Å². The number of aliphatic hydroxyl groups is 1.